The van der Waals surface area contributed by atoms with Gasteiger partial charge in [-0.1, -0.05) is 36.2 Å². The van der Waals surface area contributed by atoms with Crippen LogP contribution in [-0.2, 0) is 20.9 Å². The second-order valence-electron chi connectivity index (χ2n) is 5.92. The lowest BCUT2D eigenvalue weighted by atomic mass is 10.2. The number of ether oxygens (including phenoxy) is 1. The molecule has 1 aliphatic rings. The van der Waals surface area contributed by atoms with E-state index in [1.807, 2.05) is 30.3 Å². The summed E-state index contributed by atoms with van der Waals surface area (Å²) in [6.07, 6.45) is 3.35. The van der Waals surface area contributed by atoms with Crippen LogP contribution in [-0.4, -0.2) is 34.8 Å². The molecule has 0 unspecified atom stereocenters. The number of fused-ring (bicyclic) bond motifs is 1. The molecule has 1 fully saturated rings. The van der Waals surface area contributed by atoms with E-state index in [9.17, 15) is 9.59 Å². The summed E-state index contributed by atoms with van der Waals surface area (Å²) >= 11 is 6.16. The van der Waals surface area contributed by atoms with Crippen LogP contribution in [0.15, 0.2) is 30.3 Å². The Bertz CT molecular complexity index is 763. The molecule has 1 aromatic carbocycles. The lowest BCUT2D eigenvalue weighted by Gasteiger charge is -2.19. The smallest absolute Gasteiger partial charge is 0.325 e. The molecule has 24 heavy (non-hydrogen) atoms. The Labute approximate surface area is 145 Å². The second kappa shape index (κ2) is 7.62. The van der Waals surface area contributed by atoms with Crippen molar-refractivity contribution < 1.29 is 14.3 Å². The SMILES string of the molecule is O=C(CN1CCCCCC1=O)OCc1cc2ccccc2nc1Cl. The van der Waals surface area contributed by atoms with Crippen molar-refractivity contribution in [2.75, 3.05) is 13.1 Å². The molecule has 0 saturated carbocycles. The van der Waals surface area contributed by atoms with E-state index < -0.39 is 5.97 Å². The molecule has 0 radical (unpaired) electrons. The van der Waals surface area contributed by atoms with Gasteiger partial charge in [-0.3, -0.25) is 9.59 Å². The summed E-state index contributed by atoms with van der Waals surface area (Å²) in [5.74, 6) is -0.399. The van der Waals surface area contributed by atoms with Crippen LogP contribution in [0.4, 0.5) is 0 Å². The summed E-state index contributed by atoms with van der Waals surface area (Å²) in [5, 5.41) is 1.27. The number of halogens is 1. The number of nitrogens with zero attached hydrogens (tertiary/aromatic N) is 2. The maximum absolute atomic E-state index is 12.0. The molecule has 2 aromatic rings. The Morgan fingerprint density at radius 3 is 2.96 bits per heavy atom. The number of benzene rings is 1. The van der Waals surface area contributed by atoms with E-state index in [1.165, 1.54) is 0 Å². The fourth-order valence-electron chi connectivity index (χ4n) is 2.80. The van der Waals surface area contributed by atoms with Gasteiger partial charge in [0.05, 0.1) is 5.52 Å². The molecular weight excluding hydrogens is 328 g/mol. The minimum atomic E-state index is -0.422. The lowest BCUT2D eigenvalue weighted by molar-refractivity contribution is -0.150. The number of likely N-dealkylation sites (tertiary alicyclic amines) is 1. The molecule has 0 spiro atoms. The van der Waals surface area contributed by atoms with Crippen LogP contribution in [0.2, 0.25) is 5.15 Å². The van der Waals surface area contributed by atoms with Gasteiger partial charge < -0.3 is 9.64 Å². The maximum atomic E-state index is 12.0. The molecule has 6 heteroatoms. The Hall–Kier alpha value is -2.14. The molecule has 126 valence electrons. The Morgan fingerprint density at radius 1 is 1.25 bits per heavy atom. The Morgan fingerprint density at radius 2 is 2.08 bits per heavy atom. The first-order chi connectivity index (χ1) is 11.6. The van der Waals surface area contributed by atoms with Crippen molar-refractivity contribution in [2.45, 2.75) is 32.3 Å². The van der Waals surface area contributed by atoms with Gasteiger partial charge in [0.2, 0.25) is 5.91 Å². The molecule has 1 aliphatic heterocycles. The second-order valence-corrected chi connectivity index (χ2v) is 6.28. The van der Waals surface area contributed by atoms with Gasteiger partial charge in [-0.15, -0.1) is 0 Å². The van der Waals surface area contributed by atoms with Crippen molar-refractivity contribution in [3.63, 3.8) is 0 Å². The zero-order valence-corrected chi connectivity index (χ0v) is 14.1. The summed E-state index contributed by atoms with van der Waals surface area (Å²) in [7, 11) is 0. The van der Waals surface area contributed by atoms with Crippen LogP contribution in [0.25, 0.3) is 10.9 Å². The normalized spacial score (nSPS) is 15.4. The number of aromatic nitrogens is 1. The standard InChI is InChI=1S/C18H19ClN2O3/c19-18-14(10-13-6-3-4-7-15(13)20-18)12-24-17(23)11-21-9-5-1-2-8-16(21)22/h3-4,6-7,10H,1-2,5,8-9,11-12H2. The molecule has 1 amide bonds. The fourth-order valence-corrected chi connectivity index (χ4v) is 3.00. The summed E-state index contributed by atoms with van der Waals surface area (Å²) in [6.45, 7) is 0.668. The Balaban J connectivity index is 1.61. The molecule has 0 aliphatic carbocycles. The first kappa shape index (κ1) is 16.7. The van der Waals surface area contributed by atoms with Crippen molar-refractivity contribution in [1.82, 2.24) is 9.88 Å². The number of amides is 1. The van der Waals surface area contributed by atoms with E-state index in [2.05, 4.69) is 4.98 Å². The van der Waals surface area contributed by atoms with Crippen LogP contribution in [0.3, 0.4) is 0 Å². The molecule has 0 N–H and O–H groups in total. The average Bonchev–Trinajstić information content (AvgIpc) is 2.77. The third-order valence-corrected chi connectivity index (χ3v) is 4.46. The zero-order chi connectivity index (χ0) is 16.9. The summed E-state index contributed by atoms with van der Waals surface area (Å²) in [6, 6.07) is 9.49. The summed E-state index contributed by atoms with van der Waals surface area (Å²) < 4.78 is 5.29. The van der Waals surface area contributed by atoms with Gasteiger partial charge in [0, 0.05) is 23.9 Å². The quantitative estimate of drug-likeness (QED) is 0.629. The summed E-state index contributed by atoms with van der Waals surface area (Å²) in [4.78, 5) is 29.8. The minimum absolute atomic E-state index is 0.00252. The molecule has 0 atom stereocenters. The first-order valence-electron chi connectivity index (χ1n) is 8.11. The fraction of sp³-hybridized carbons (Fsp3) is 0.389. The molecule has 3 rings (SSSR count). The van der Waals surface area contributed by atoms with Crippen LogP contribution >= 0.6 is 11.6 Å². The highest BCUT2D eigenvalue weighted by Crippen LogP contribution is 2.21. The van der Waals surface area contributed by atoms with Crippen LogP contribution in [0, 0.1) is 0 Å². The van der Waals surface area contributed by atoms with Crippen LogP contribution < -0.4 is 0 Å². The maximum Gasteiger partial charge on any atom is 0.325 e. The summed E-state index contributed by atoms with van der Waals surface area (Å²) in [5.41, 5.74) is 1.46. The lowest BCUT2D eigenvalue weighted by Crippen LogP contribution is -2.35. The molecule has 0 bridgehead atoms. The highest BCUT2D eigenvalue weighted by molar-refractivity contribution is 6.30. The van der Waals surface area contributed by atoms with Gasteiger partial charge in [-0.05, 0) is 25.0 Å². The van der Waals surface area contributed by atoms with E-state index in [-0.39, 0.29) is 19.1 Å². The number of hydrogen-bond donors (Lipinski definition) is 0. The van der Waals surface area contributed by atoms with E-state index in [4.69, 9.17) is 16.3 Å². The molecular formula is C18H19ClN2O3. The number of pyridine rings is 1. The number of hydrogen-bond acceptors (Lipinski definition) is 4. The van der Waals surface area contributed by atoms with Gasteiger partial charge >= 0.3 is 5.97 Å². The van der Waals surface area contributed by atoms with Gasteiger partial charge in [0.1, 0.15) is 18.3 Å². The highest BCUT2D eigenvalue weighted by atomic mass is 35.5. The van der Waals surface area contributed by atoms with Crippen molar-refractivity contribution in [1.29, 1.82) is 0 Å². The Kier molecular flexibility index (Phi) is 5.30. The predicted octanol–water partition coefficient (Wildman–Crippen LogP) is 3.33. The first-order valence-corrected chi connectivity index (χ1v) is 8.49. The van der Waals surface area contributed by atoms with Crippen molar-refractivity contribution in [2.24, 2.45) is 0 Å². The third kappa shape index (κ3) is 4.03. The molecule has 5 nitrogen and oxygen atoms in total. The topological polar surface area (TPSA) is 59.5 Å². The zero-order valence-electron chi connectivity index (χ0n) is 13.3. The van der Waals surface area contributed by atoms with Crippen molar-refractivity contribution in [3.05, 3.63) is 41.0 Å². The van der Waals surface area contributed by atoms with Gasteiger partial charge in [-0.2, -0.15) is 0 Å². The highest BCUT2D eigenvalue weighted by Gasteiger charge is 2.20. The number of carbonyl (C=O) groups excluding carboxylic acids is 2. The molecule has 1 saturated heterocycles. The molecule has 1 aromatic heterocycles. The number of rotatable bonds is 4. The van der Waals surface area contributed by atoms with Gasteiger partial charge in [0.25, 0.3) is 0 Å². The number of esters is 1. The largest absolute Gasteiger partial charge is 0.459 e. The van der Waals surface area contributed by atoms with Gasteiger partial charge in [0.15, 0.2) is 0 Å². The minimum Gasteiger partial charge on any atom is -0.459 e. The van der Waals surface area contributed by atoms with E-state index in [0.717, 1.165) is 30.2 Å². The number of carbonyl (C=O) groups is 2. The van der Waals surface area contributed by atoms with Crippen LogP contribution in [0.1, 0.15) is 31.2 Å². The van der Waals surface area contributed by atoms with Crippen molar-refractivity contribution >= 4 is 34.4 Å². The van der Waals surface area contributed by atoms with Gasteiger partial charge in [-0.25, -0.2) is 4.98 Å². The van der Waals surface area contributed by atoms with Crippen molar-refractivity contribution in [3.8, 4) is 0 Å². The predicted molar refractivity (Wildman–Crippen MR) is 91.6 cm³/mol. The third-order valence-electron chi connectivity index (χ3n) is 4.13. The average molecular weight is 347 g/mol. The number of para-hydroxylation sites is 1. The molecule has 2 heterocycles. The van der Waals surface area contributed by atoms with E-state index >= 15 is 0 Å². The van der Waals surface area contributed by atoms with E-state index in [0.29, 0.717) is 23.7 Å². The van der Waals surface area contributed by atoms with E-state index in [1.54, 1.807) is 4.90 Å². The van der Waals surface area contributed by atoms with Crippen LogP contribution in [0.5, 0.6) is 0 Å². The monoisotopic (exact) mass is 346 g/mol.